The average molecular weight is 622 g/mol. The van der Waals surface area contributed by atoms with Gasteiger partial charge in [0.05, 0.1) is 35.3 Å². The molecule has 0 atom stereocenters. The Labute approximate surface area is 255 Å². The maximum absolute atomic E-state index is 12.9. The molecule has 0 radical (unpaired) electrons. The normalized spacial score (nSPS) is 14.6. The number of aromatic carboxylic acids is 1. The van der Waals surface area contributed by atoms with E-state index in [9.17, 15) is 28.2 Å². The van der Waals surface area contributed by atoms with Gasteiger partial charge in [-0.05, 0) is 43.4 Å². The van der Waals surface area contributed by atoms with Gasteiger partial charge in [-0.2, -0.15) is 8.42 Å². The summed E-state index contributed by atoms with van der Waals surface area (Å²) < 4.78 is 25.9. The van der Waals surface area contributed by atoms with Crippen LogP contribution in [0.5, 0.6) is 5.88 Å². The molecule has 4 N–H and O–H groups in total. The number of aromatic hydroxyl groups is 1. The van der Waals surface area contributed by atoms with Gasteiger partial charge in [0.15, 0.2) is 5.88 Å². The number of piperazine rings is 1. The standard InChI is InChI=1S/C30H31N5O4.CH4O3S/c1-33-14-16-35(17-15-33)19-26(36)34(2)23-11-9-22(10-12-23)31-28(20-6-4-3-5-7-20)27-24-13-8-21(30(38)39)18-25(24)32-29(27)37;1-5(2,3)4/h3-13,18,32,37H,14-17,19H2,1-2H3,(H,38,39);1H3,(H,2,3,4). The second kappa shape index (κ2) is 13.8. The second-order valence-corrected chi connectivity index (χ2v) is 12.0. The molecule has 0 unspecified atom stereocenters. The Kier molecular flexibility index (Phi) is 10.2. The summed E-state index contributed by atoms with van der Waals surface area (Å²) in [6.45, 7) is 4.06. The number of nitrogens with one attached hydrogen (secondary N) is 1. The molecule has 4 aromatic rings. The molecule has 1 amide bonds. The number of hydrogen-bond acceptors (Lipinski definition) is 8. The third kappa shape index (κ3) is 8.51. The van der Waals surface area contributed by atoms with E-state index in [4.69, 9.17) is 9.55 Å². The van der Waals surface area contributed by atoms with Gasteiger partial charge in [0, 0.05) is 55.4 Å². The molecule has 5 rings (SSSR count). The molecule has 2 heterocycles. The van der Waals surface area contributed by atoms with E-state index in [1.807, 2.05) is 54.6 Å². The number of H-pyrrole nitrogens is 1. The lowest BCUT2D eigenvalue weighted by atomic mass is 10.00. The maximum atomic E-state index is 12.9. The monoisotopic (exact) mass is 621 g/mol. The molecule has 1 fully saturated rings. The highest BCUT2D eigenvalue weighted by molar-refractivity contribution is 7.85. The third-order valence-corrected chi connectivity index (χ3v) is 7.12. The fraction of sp³-hybridized carbons (Fsp3) is 0.258. The average Bonchev–Trinajstić information content (AvgIpc) is 3.31. The van der Waals surface area contributed by atoms with Crippen molar-refractivity contribution >= 4 is 50.0 Å². The molecule has 1 aliphatic heterocycles. The number of anilines is 1. The van der Waals surface area contributed by atoms with Crippen molar-refractivity contribution in [3.8, 4) is 5.88 Å². The van der Waals surface area contributed by atoms with Gasteiger partial charge in [0.1, 0.15) is 0 Å². The first-order valence-electron chi connectivity index (χ1n) is 13.7. The Morgan fingerprint density at radius 2 is 1.57 bits per heavy atom. The Balaban J connectivity index is 0.000000818. The van der Waals surface area contributed by atoms with Crippen LogP contribution in [0.2, 0.25) is 0 Å². The number of nitrogens with zero attached hydrogens (tertiary/aromatic N) is 4. The van der Waals surface area contributed by atoms with E-state index < -0.39 is 16.1 Å². The summed E-state index contributed by atoms with van der Waals surface area (Å²) in [5.41, 5.74) is 3.85. The summed E-state index contributed by atoms with van der Waals surface area (Å²) in [4.78, 5) is 38.2. The minimum atomic E-state index is -3.67. The summed E-state index contributed by atoms with van der Waals surface area (Å²) in [5.74, 6) is -1.11. The number of aromatic nitrogens is 1. The van der Waals surface area contributed by atoms with Gasteiger partial charge in [0.25, 0.3) is 10.1 Å². The first-order valence-corrected chi connectivity index (χ1v) is 15.6. The van der Waals surface area contributed by atoms with Crippen molar-refractivity contribution < 1.29 is 32.8 Å². The fourth-order valence-corrected chi connectivity index (χ4v) is 4.74. The first kappa shape index (κ1) is 32.4. The van der Waals surface area contributed by atoms with Gasteiger partial charge in [-0.25, -0.2) is 9.79 Å². The van der Waals surface area contributed by atoms with Gasteiger partial charge >= 0.3 is 5.97 Å². The van der Waals surface area contributed by atoms with Crippen LogP contribution in [0.15, 0.2) is 77.8 Å². The highest BCUT2D eigenvalue weighted by atomic mass is 32.2. The second-order valence-electron chi connectivity index (χ2n) is 10.5. The van der Waals surface area contributed by atoms with Crippen LogP contribution >= 0.6 is 0 Å². The topological polar surface area (TPSA) is 167 Å². The van der Waals surface area contributed by atoms with Crippen molar-refractivity contribution in [2.45, 2.75) is 0 Å². The number of carboxylic acid groups (broad SMARTS) is 1. The predicted molar refractivity (Wildman–Crippen MR) is 170 cm³/mol. The number of benzene rings is 3. The van der Waals surface area contributed by atoms with Crippen LogP contribution in [0, 0.1) is 0 Å². The van der Waals surface area contributed by atoms with E-state index in [-0.39, 0.29) is 17.4 Å². The molecule has 0 saturated carbocycles. The van der Waals surface area contributed by atoms with E-state index in [0.29, 0.717) is 40.7 Å². The van der Waals surface area contributed by atoms with E-state index >= 15 is 0 Å². The fourth-order valence-electron chi connectivity index (χ4n) is 4.74. The Bertz CT molecular complexity index is 1750. The molecule has 1 saturated heterocycles. The van der Waals surface area contributed by atoms with Crippen molar-refractivity contribution in [3.63, 3.8) is 0 Å². The van der Waals surface area contributed by atoms with Crippen LogP contribution in [0.1, 0.15) is 21.5 Å². The summed E-state index contributed by atoms with van der Waals surface area (Å²) in [6.07, 6.45) is 0.715. The quantitative estimate of drug-likeness (QED) is 0.179. The molecule has 1 aromatic heterocycles. The SMILES string of the molecule is CN1CCN(CC(=O)N(C)c2ccc(N=C(c3ccccc3)c3c(O)[nH]c4cc(C(=O)O)ccc34)cc2)CC1.CS(=O)(=O)O. The van der Waals surface area contributed by atoms with E-state index in [2.05, 4.69) is 21.8 Å². The minimum absolute atomic E-state index is 0.0326. The van der Waals surface area contributed by atoms with Gasteiger partial charge < -0.3 is 25.0 Å². The summed E-state index contributed by atoms with van der Waals surface area (Å²) in [7, 11) is 0.203. The van der Waals surface area contributed by atoms with Crippen molar-refractivity contribution in [3.05, 3.63) is 89.5 Å². The van der Waals surface area contributed by atoms with Gasteiger partial charge in [-0.15, -0.1) is 0 Å². The van der Waals surface area contributed by atoms with Gasteiger partial charge in [0.2, 0.25) is 5.91 Å². The lowest BCUT2D eigenvalue weighted by Crippen LogP contribution is -2.48. The van der Waals surface area contributed by atoms with Gasteiger partial charge in [-0.3, -0.25) is 14.2 Å². The van der Waals surface area contributed by atoms with Crippen LogP contribution in [0.4, 0.5) is 11.4 Å². The van der Waals surface area contributed by atoms with Crippen LogP contribution in [-0.4, -0.2) is 109 Å². The number of fused-ring (bicyclic) bond motifs is 1. The number of carbonyl (C=O) groups excluding carboxylic acids is 1. The number of hydrogen-bond donors (Lipinski definition) is 4. The summed E-state index contributed by atoms with van der Waals surface area (Å²) in [5, 5.41) is 20.9. The molecule has 0 aliphatic carbocycles. The van der Waals surface area contributed by atoms with Crippen LogP contribution in [0.3, 0.4) is 0 Å². The van der Waals surface area contributed by atoms with Crippen molar-refractivity contribution in [1.82, 2.24) is 14.8 Å². The zero-order valence-corrected chi connectivity index (χ0v) is 25.5. The molecular weight excluding hydrogens is 586 g/mol. The molecule has 0 bridgehead atoms. The Morgan fingerprint density at radius 1 is 0.955 bits per heavy atom. The van der Waals surface area contributed by atoms with Crippen molar-refractivity contribution in [2.24, 2.45) is 4.99 Å². The lowest BCUT2D eigenvalue weighted by molar-refractivity contribution is -0.119. The summed E-state index contributed by atoms with van der Waals surface area (Å²) in [6, 6.07) is 21.6. The Morgan fingerprint density at radius 3 is 2.16 bits per heavy atom. The van der Waals surface area contributed by atoms with E-state index in [1.54, 1.807) is 18.0 Å². The molecule has 232 valence electrons. The highest BCUT2D eigenvalue weighted by Gasteiger charge is 2.21. The van der Waals surface area contributed by atoms with Crippen molar-refractivity contribution in [1.29, 1.82) is 0 Å². The number of carboxylic acids is 1. The zero-order chi connectivity index (χ0) is 32.0. The Hall–Kier alpha value is -4.56. The number of likely N-dealkylation sites (N-methyl/N-ethyl adjacent to an activating group) is 2. The van der Waals surface area contributed by atoms with Crippen LogP contribution in [0.25, 0.3) is 10.9 Å². The number of carbonyl (C=O) groups is 2. The molecular formula is C31H35N5O7S. The highest BCUT2D eigenvalue weighted by Crippen LogP contribution is 2.32. The van der Waals surface area contributed by atoms with Crippen LogP contribution < -0.4 is 4.90 Å². The largest absolute Gasteiger partial charge is 0.494 e. The van der Waals surface area contributed by atoms with Crippen molar-refractivity contribution in [2.75, 3.05) is 58.0 Å². The number of amides is 1. The first-order chi connectivity index (χ1) is 20.8. The molecule has 3 aromatic carbocycles. The summed E-state index contributed by atoms with van der Waals surface area (Å²) >= 11 is 0. The zero-order valence-electron chi connectivity index (χ0n) is 24.6. The van der Waals surface area contributed by atoms with E-state index in [0.717, 1.165) is 37.4 Å². The van der Waals surface area contributed by atoms with E-state index in [1.165, 1.54) is 12.1 Å². The molecule has 12 nitrogen and oxygen atoms in total. The molecule has 13 heteroatoms. The lowest BCUT2D eigenvalue weighted by Gasteiger charge is -2.32. The van der Waals surface area contributed by atoms with Crippen LogP contribution in [-0.2, 0) is 14.9 Å². The predicted octanol–water partition coefficient (Wildman–Crippen LogP) is 3.46. The molecule has 44 heavy (non-hydrogen) atoms. The smallest absolute Gasteiger partial charge is 0.335 e. The molecule has 1 aliphatic rings. The van der Waals surface area contributed by atoms with Gasteiger partial charge in [-0.1, -0.05) is 36.4 Å². The minimum Gasteiger partial charge on any atom is -0.494 e. The third-order valence-electron chi connectivity index (χ3n) is 7.12. The number of aliphatic imine (C=N–C) groups is 1. The number of rotatable bonds is 7. The number of aromatic amines is 1. The maximum Gasteiger partial charge on any atom is 0.335 e. The molecule has 0 spiro atoms.